The summed E-state index contributed by atoms with van der Waals surface area (Å²) >= 11 is 3.36. The number of nitrogens with zero attached hydrogens (tertiary/aromatic N) is 1. The van der Waals surface area contributed by atoms with Gasteiger partial charge in [-0.25, -0.2) is 8.42 Å². The summed E-state index contributed by atoms with van der Waals surface area (Å²) in [6, 6.07) is 0. The Kier molecular flexibility index (Phi) is 4.60. The molecule has 1 heterocycles. The van der Waals surface area contributed by atoms with Crippen molar-refractivity contribution in [3.05, 3.63) is 24.3 Å². The molecule has 2 aliphatic rings. The first kappa shape index (κ1) is 14.2. The molecule has 3 unspecified atom stereocenters. The minimum absolute atomic E-state index is 0.163. The summed E-state index contributed by atoms with van der Waals surface area (Å²) in [5.41, 5.74) is 0. The van der Waals surface area contributed by atoms with Crippen LogP contribution in [-0.4, -0.2) is 60.3 Å². The third-order valence-electron chi connectivity index (χ3n) is 3.03. The largest absolute Gasteiger partial charge is 0.394 e. The van der Waals surface area contributed by atoms with E-state index >= 15 is 0 Å². The Morgan fingerprint density at radius 3 is 2.78 bits per heavy atom. The molecule has 0 amide bonds. The molecule has 0 aromatic rings. The molecule has 5 nitrogen and oxygen atoms in total. The lowest BCUT2D eigenvalue weighted by Gasteiger charge is -2.34. The summed E-state index contributed by atoms with van der Waals surface area (Å²) in [4.78, 5) is -0.220. The van der Waals surface area contributed by atoms with Gasteiger partial charge in [-0.15, -0.1) is 0 Å². The van der Waals surface area contributed by atoms with E-state index in [-0.39, 0.29) is 18.0 Å². The number of hydrogen-bond donors (Lipinski definition) is 1. The number of alkyl halides is 1. The molecule has 0 spiro atoms. The number of halogens is 1. The molecule has 2 rings (SSSR count). The van der Waals surface area contributed by atoms with Crippen molar-refractivity contribution in [3.63, 3.8) is 0 Å². The van der Waals surface area contributed by atoms with E-state index in [0.29, 0.717) is 13.2 Å². The number of morpholine rings is 1. The van der Waals surface area contributed by atoms with Gasteiger partial charge in [-0.05, 0) is 0 Å². The Balaban J connectivity index is 2.15. The number of allylic oxidation sites excluding steroid dienone is 3. The molecule has 1 N–H and O–H groups in total. The number of aliphatic hydroxyl groups is 1. The van der Waals surface area contributed by atoms with Gasteiger partial charge < -0.3 is 9.84 Å². The van der Waals surface area contributed by atoms with Gasteiger partial charge >= 0.3 is 0 Å². The zero-order valence-electron chi connectivity index (χ0n) is 9.78. The van der Waals surface area contributed by atoms with Gasteiger partial charge in [-0.1, -0.05) is 40.2 Å². The molecule has 1 saturated heterocycles. The Bertz CT molecular complexity index is 448. The summed E-state index contributed by atoms with van der Waals surface area (Å²) in [6.07, 6.45) is 6.63. The molecule has 0 aromatic heterocycles. The molecule has 0 aromatic carbocycles. The third kappa shape index (κ3) is 2.85. The molecule has 0 radical (unpaired) electrons. The molecular formula is C11H16BrNO4S. The van der Waals surface area contributed by atoms with Crippen molar-refractivity contribution >= 4 is 26.0 Å². The summed E-state index contributed by atoms with van der Waals surface area (Å²) < 4.78 is 31.6. The van der Waals surface area contributed by atoms with E-state index in [1.165, 1.54) is 4.31 Å². The lowest BCUT2D eigenvalue weighted by Crippen LogP contribution is -2.51. The minimum Gasteiger partial charge on any atom is -0.394 e. The van der Waals surface area contributed by atoms with E-state index in [4.69, 9.17) is 9.84 Å². The first-order valence-electron chi connectivity index (χ1n) is 5.76. The molecule has 18 heavy (non-hydrogen) atoms. The summed E-state index contributed by atoms with van der Waals surface area (Å²) in [5, 5.41) is 8.46. The smallest absolute Gasteiger partial charge is 0.222 e. The van der Waals surface area contributed by atoms with Gasteiger partial charge in [0.25, 0.3) is 0 Å². The Hall–Kier alpha value is -0.210. The van der Waals surface area contributed by atoms with Crippen LogP contribution >= 0.6 is 15.9 Å². The van der Waals surface area contributed by atoms with E-state index in [1.54, 1.807) is 12.2 Å². The molecule has 3 atom stereocenters. The first-order valence-corrected chi connectivity index (χ1v) is 8.18. The Morgan fingerprint density at radius 1 is 1.39 bits per heavy atom. The van der Waals surface area contributed by atoms with Crippen molar-refractivity contribution in [3.8, 4) is 0 Å². The minimum atomic E-state index is -3.42. The topological polar surface area (TPSA) is 66.8 Å². The average molecular weight is 338 g/mol. The molecule has 0 bridgehead atoms. The maximum absolute atomic E-state index is 12.5. The number of hydrogen-bond acceptors (Lipinski definition) is 4. The second kappa shape index (κ2) is 5.83. The van der Waals surface area contributed by atoms with E-state index in [2.05, 4.69) is 15.9 Å². The molecule has 7 heteroatoms. The van der Waals surface area contributed by atoms with Crippen LogP contribution in [0.4, 0.5) is 0 Å². The number of ether oxygens (including phenoxy) is 1. The quantitative estimate of drug-likeness (QED) is 0.750. The highest BCUT2D eigenvalue weighted by molar-refractivity contribution is 9.09. The van der Waals surface area contributed by atoms with Crippen LogP contribution in [-0.2, 0) is 14.8 Å². The molecule has 0 saturated carbocycles. The van der Waals surface area contributed by atoms with Gasteiger partial charge in [0, 0.05) is 13.1 Å². The molecular weight excluding hydrogens is 322 g/mol. The van der Waals surface area contributed by atoms with Crippen LogP contribution in [0.15, 0.2) is 24.3 Å². The van der Waals surface area contributed by atoms with Gasteiger partial charge in [-0.3, -0.25) is 0 Å². The highest BCUT2D eigenvalue weighted by atomic mass is 79.9. The zero-order chi connectivity index (χ0) is 13.2. The highest BCUT2D eigenvalue weighted by Gasteiger charge is 2.37. The van der Waals surface area contributed by atoms with Crippen LogP contribution in [0.1, 0.15) is 0 Å². The zero-order valence-corrected chi connectivity index (χ0v) is 12.2. The molecule has 102 valence electrons. The molecule has 1 aliphatic carbocycles. The van der Waals surface area contributed by atoms with Crippen LogP contribution in [0, 0.1) is 0 Å². The van der Waals surface area contributed by atoms with E-state index in [0.717, 1.165) is 0 Å². The highest BCUT2D eigenvalue weighted by Crippen LogP contribution is 2.24. The fourth-order valence-electron chi connectivity index (χ4n) is 2.03. The Morgan fingerprint density at radius 2 is 2.11 bits per heavy atom. The first-order chi connectivity index (χ1) is 8.55. The second-order valence-electron chi connectivity index (χ2n) is 4.26. The van der Waals surface area contributed by atoms with Gasteiger partial charge in [0.15, 0.2) is 0 Å². The van der Waals surface area contributed by atoms with E-state index in [9.17, 15) is 8.42 Å². The van der Waals surface area contributed by atoms with Gasteiger partial charge in [0.1, 0.15) is 5.25 Å². The Labute approximate surface area is 115 Å². The van der Waals surface area contributed by atoms with Crippen LogP contribution < -0.4 is 0 Å². The van der Waals surface area contributed by atoms with Gasteiger partial charge in [0.05, 0.1) is 24.1 Å². The van der Waals surface area contributed by atoms with Crippen molar-refractivity contribution < 1.29 is 18.3 Å². The molecule has 1 fully saturated rings. The standard InChI is InChI=1S/C11H16BrNO4S/c12-10-3-1-2-4-11(10)18(15,16)13-5-6-17-9(7-13)8-14/h1-4,9-11,14H,5-8H2. The van der Waals surface area contributed by atoms with Crippen LogP contribution in [0.3, 0.4) is 0 Å². The predicted molar refractivity (Wildman–Crippen MR) is 72.1 cm³/mol. The normalized spacial score (nSPS) is 33.8. The second-order valence-corrected chi connectivity index (χ2v) is 7.41. The lowest BCUT2D eigenvalue weighted by molar-refractivity contribution is -0.0305. The van der Waals surface area contributed by atoms with E-state index in [1.807, 2.05) is 12.2 Å². The average Bonchev–Trinajstić information content (AvgIpc) is 2.39. The van der Waals surface area contributed by atoms with Crippen molar-refractivity contribution in [1.29, 1.82) is 0 Å². The van der Waals surface area contributed by atoms with Crippen molar-refractivity contribution in [2.75, 3.05) is 26.3 Å². The summed E-state index contributed by atoms with van der Waals surface area (Å²) in [7, 11) is -3.42. The fourth-order valence-corrected chi connectivity index (χ4v) is 4.96. The third-order valence-corrected chi connectivity index (χ3v) is 6.44. The number of aliphatic hydroxyl groups excluding tert-OH is 1. The van der Waals surface area contributed by atoms with Crippen molar-refractivity contribution in [2.45, 2.75) is 16.2 Å². The fraction of sp³-hybridized carbons (Fsp3) is 0.636. The summed E-state index contributed by atoms with van der Waals surface area (Å²) in [5.74, 6) is 0. The van der Waals surface area contributed by atoms with Gasteiger partial charge in [0.2, 0.25) is 10.0 Å². The number of rotatable bonds is 3. The lowest BCUT2D eigenvalue weighted by atomic mass is 10.2. The maximum atomic E-state index is 12.5. The van der Waals surface area contributed by atoms with Crippen molar-refractivity contribution in [1.82, 2.24) is 4.31 Å². The van der Waals surface area contributed by atoms with Gasteiger partial charge in [-0.2, -0.15) is 4.31 Å². The van der Waals surface area contributed by atoms with E-state index < -0.39 is 21.4 Å². The molecule has 1 aliphatic heterocycles. The number of sulfonamides is 1. The van der Waals surface area contributed by atoms with Crippen LogP contribution in [0.25, 0.3) is 0 Å². The van der Waals surface area contributed by atoms with Crippen LogP contribution in [0.2, 0.25) is 0 Å². The van der Waals surface area contributed by atoms with Crippen molar-refractivity contribution in [2.24, 2.45) is 0 Å². The van der Waals surface area contributed by atoms with Crippen LogP contribution in [0.5, 0.6) is 0 Å². The SMILES string of the molecule is O=S(=O)(C1C=CC=CC1Br)N1CCOC(CO)C1. The predicted octanol–water partition coefficient (Wildman–Crippen LogP) is 0.267. The summed E-state index contributed by atoms with van der Waals surface area (Å²) in [6.45, 7) is 0.715. The monoisotopic (exact) mass is 337 g/mol. The maximum Gasteiger partial charge on any atom is 0.222 e.